The first kappa shape index (κ1) is 23.3. The topological polar surface area (TPSA) is 73.4 Å². The number of rotatable bonds is 7. The fourth-order valence-electron chi connectivity index (χ4n) is 3.91. The Morgan fingerprint density at radius 1 is 1.06 bits per heavy atom. The number of fused-ring (bicyclic) bond motifs is 1. The minimum atomic E-state index is -0.279. The molecule has 0 aliphatic carbocycles. The van der Waals surface area contributed by atoms with Crippen molar-refractivity contribution >= 4 is 28.0 Å². The Hall–Kier alpha value is -4.48. The lowest BCUT2D eigenvalue weighted by atomic mass is 10.2. The van der Waals surface area contributed by atoms with Crippen molar-refractivity contribution in [3.05, 3.63) is 113 Å². The summed E-state index contributed by atoms with van der Waals surface area (Å²) >= 11 is 1.54. The van der Waals surface area contributed by atoms with Crippen molar-refractivity contribution in [1.82, 2.24) is 14.3 Å². The van der Waals surface area contributed by atoms with E-state index >= 15 is 0 Å². The number of amides is 2. The second kappa shape index (κ2) is 10.4. The van der Waals surface area contributed by atoms with Gasteiger partial charge in [-0.1, -0.05) is 30.3 Å². The summed E-state index contributed by atoms with van der Waals surface area (Å²) in [6.07, 6.45) is 2.58. The van der Waals surface area contributed by atoms with Crippen LogP contribution in [0, 0.1) is 17.1 Å². The molecule has 2 aromatic heterocycles. The molecule has 0 aliphatic rings. The van der Waals surface area contributed by atoms with Crippen LogP contribution in [0.1, 0.15) is 16.8 Å². The van der Waals surface area contributed by atoms with E-state index in [4.69, 9.17) is 5.26 Å². The molecule has 0 unspecified atom stereocenters. The highest BCUT2D eigenvalue weighted by atomic mass is 32.1. The summed E-state index contributed by atoms with van der Waals surface area (Å²) in [5.74, 6) is -0.279. The molecule has 36 heavy (non-hydrogen) atoms. The Morgan fingerprint density at radius 2 is 1.81 bits per heavy atom. The van der Waals surface area contributed by atoms with Gasteiger partial charge in [-0.15, -0.1) is 11.3 Å². The number of nitriles is 1. The number of carbonyl (C=O) groups is 1. The quantitative estimate of drug-likeness (QED) is 0.286. The SMILES string of the molecule is N#Cc1ccc(NC(=O)N(CCc2csc3nc(-c4ccc(F)cc4)cn23)Cc2ccccc2)cc1. The average Bonchev–Trinajstić information content (AvgIpc) is 3.49. The number of carbonyl (C=O) groups excluding carboxylic acids is 1. The minimum Gasteiger partial charge on any atom is -0.320 e. The van der Waals surface area contributed by atoms with Crippen LogP contribution >= 0.6 is 11.3 Å². The summed E-state index contributed by atoms with van der Waals surface area (Å²) in [4.78, 5) is 20.5. The Balaban J connectivity index is 1.34. The molecule has 3 aromatic carbocycles. The zero-order valence-electron chi connectivity index (χ0n) is 19.3. The first-order chi connectivity index (χ1) is 17.6. The predicted octanol–water partition coefficient (Wildman–Crippen LogP) is 6.35. The minimum absolute atomic E-state index is 0.215. The van der Waals surface area contributed by atoms with Crippen LogP contribution in [-0.4, -0.2) is 26.9 Å². The van der Waals surface area contributed by atoms with Gasteiger partial charge in [-0.2, -0.15) is 5.26 Å². The fraction of sp³-hybridized carbons (Fsp3) is 0.107. The number of hydrogen-bond acceptors (Lipinski definition) is 4. The zero-order chi connectivity index (χ0) is 24.9. The van der Waals surface area contributed by atoms with Crippen molar-refractivity contribution in [2.45, 2.75) is 13.0 Å². The van der Waals surface area contributed by atoms with Gasteiger partial charge in [0.25, 0.3) is 0 Å². The van der Waals surface area contributed by atoms with Gasteiger partial charge in [0.1, 0.15) is 5.82 Å². The number of imidazole rings is 1. The molecule has 2 heterocycles. The number of nitrogens with one attached hydrogen (secondary N) is 1. The van der Waals surface area contributed by atoms with Crippen molar-refractivity contribution in [3.63, 3.8) is 0 Å². The predicted molar refractivity (Wildman–Crippen MR) is 139 cm³/mol. The van der Waals surface area contributed by atoms with Gasteiger partial charge in [0.2, 0.25) is 0 Å². The highest BCUT2D eigenvalue weighted by molar-refractivity contribution is 7.15. The maximum Gasteiger partial charge on any atom is 0.322 e. The van der Waals surface area contributed by atoms with Crippen LogP contribution in [0.3, 0.4) is 0 Å². The molecule has 0 saturated heterocycles. The Morgan fingerprint density at radius 3 is 2.53 bits per heavy atom. The van der Waals surface area contributed by atoms with E-state index in [1.54, 1.807) is 41.3 Å². The molecule has 8 heteroatoms. The van der Waals surface area contributed by atoms with Gasteiger partial charge < -0.3 is 10.2 Å². The highest BCUT2D eigenvalue weighted by Crippen LogP contribution is 2.24. The van der Waals surface area contributed by atoms with Crippen molar-refractivity contribution in [2.75, 3.05) is 11.9 Å². The standard InChI is InChI=1S/C28H22FN5OS/c29-23-10-8-22(9-11-23)26-18-34-25(19-36-28(34)32-26)14-15-33(17-21-4-2-1-3-5-21)27(35)31-24-12-6-20(16-30)7-13-24/h1-13,18-19H,14-15,17H2,(H,31,35). The van der Waals surface area contributed by atoms with E-state index < -0.39 is 0 Å². The molecule has 0 fully saturated rings. The number of anilines is 1. The van der Waals surface area contributed by atoms with Crippen LogP contribution in [0.25, 0.3) is 16.2 Å². The van der Waals surface area contributed by atoms with Crippen molar-refractivity contribution in [3.8, 4) is 17.3 Å². The van der Waals surface area contributed by atoms with E-state index in [0.717, 1.165) is 27.5 Å². The van der Waals surface area contributed by atoms with Gasteiger partial charge in [-0.05, 0) is 54.1 Å². The molecule has 5 aromatic rings. The Kier molecular flexibility index (Phi) is 6.74. The first-order valence-corrected chi connectivity index (χ1v) is 12.3. The third kappa shape index (κ3) is 5.27. The third-order valence-corrected chi connectivity index (χ3v) is 6.72. The van der Waals surface area contributed by atoms with Crippen LogP contribution in [-0.2, 0) is 13.0 Å². The second-order valence-corrected chi connectivity index (χ2v) is 9.13. The molecule has 0 bridgehead atoms. The molecule has 5 rings (SSSR count). The number of thiazole rings is 1. The van der Waals surface area contributed by atoms with Crippen LogP contribution < -0.4 is 5.32 Å². The normalized spacial score (nSPS) is 10.8. The number of hydrogen-bond donors (Lipinski definition) is 1. The summed E-state index contributed by atoms with van der Waals surface area (Å²) in [5, 5.41) is 14.0. The molecule has 0 saturated carbocycles. The van der Waals surface area contributed by atoms with Gasteiger partial charge in [0.05, 0.1) is 17.3 Å². The van der Waals surface area contributed by atoms with Crippen molar-refractivity contribution < 1.29 is 9.18 Å². The molecule has 178 valence electrons. The maximum absolute atomic E-state index is 13.3. The molecule has 0 aliphatic heterocycles. The van der Waals surface area contributed by atoms with E-state index in [1.807, 2.05) is 40.9 Å². The molecule has 6 nitrogen and oxygen atoms in total. The largest absolute Gasteiger partial charge is 0.322 e. The first-order valence-electron chi connectivity index (χ1n) is 11.4. The highest BCUT2D eigenvalue weighted by Gasteiger charge is 2.17. The molecular weight excluding hydrogens is 473 g/mol. The lowest BCUT2D eigenvalue weighted by Crippen LogP contribution is -2.36. The van der Waals surface area contributed by atoms with E-state index in [0.29, 0.717) is 30.8 Å². The molecular formula is C28H22FN5OS. The number of halogens is 1. The fourth-order valence-corrected chi connectivity index (χ4v) is 4.81. The number of aromatic nitrogens is 2. The van der Waals surface area contributed by atoms with Gasteiger partial charge in [0.15, 0.2) is 4.96 Å². The summed E-state index contributed by atoms with van der Waals surface area (Å²) in [5.41, 5.74) is 4.88. The van der Waals surface area contributed by atoms with Crippen LogP contribution in [0.4, 0.5) is 14.9 Å². The van der Waals surface area contributed by atoms with Gasteiger partial charge in [0, 0.05) is 48.0 Å². The number of nitrogens with zero attached hydrogens (tertiary/aromatic N) is 4. The van der Waals surface area contributed by atoms with Gasteiger partial charge in [-0.3, -0.25) is 4.40 Å². The monoisotopic (exact) mass is 495 g/mol. The third-order valence-electron chi connectivity index (χ3n) is 5.83. The molecule has 1 N–H and O–H groups in total. The Bertz CT molecular complexity index is 1520. The summed E-state index contributed by atoms with van der Waals surface area (Å²) in [6.45, 7) is 0.952. The van der Waals surface area contributed by atoms with Crippen molar-refractivity contribution in [2.24, 2.45) is 0 Å². The second-order valence-electron chi connectivity index (χ2n) is 8.29. The van der Waals surface area contributed by atoms with Crippen LogP contribution in [0.15, 0.2) is 90.4 Å². The number of urea groups is 1. The average molecular weight is 496 g/mol. The maximum atomic E-state index is 13.3. The Labute approximate surface area is 211 Å². The van der Waals surface area contributed by atoms with E-state index in [1.165, 1.54) is 23.5 Å². The summed E-state index contributed by atoms with van der Waals surface area (Å²) in [7, 11) is 0. The van der Waals surface area contributed by atoms with Gasteiger partial charge >= 0.3 is 6.03 Å². The lowest BCUT2D eigenvalue weighted by Gasteiger charge is -2.23. The van der Waals surface area contributed by atoms with Crippen LogP contribution in [0.2, 0.25) is 0 Å². The van der Waals surface area contributed by atoms with Gasteiger partial charge in [-0.25, -0.2) is 14.2 Å². The molecule has 2 amide bonds. The zero-order valence-corrected chi connectivity index (χ0v) is 20.1. The van der Waals surface area contributed by atoms with Crippen LogP contribution in [0.5, 0.6) is 0 Å². The lowest BCUT2D eigenvalue weighted by molar-refractivity contribution is 0.209. The molecule has 0 spiro atoms. The number of benzene rings is 3. The summed E-state index contributed by atoms with van der Waals surface area (Å²) in [6, 6.07) is 24.8. The molecule has 0 atom stereocenters. The van der Waals surface area contributed by atoms with E-state index in [2.05, 4.69) is 21.8 Å². The van der Waals surface area contributed by atoms with Crippen molar-refractivity contribution in [1.29, 1.82) is 5.26 Å². The van der Waals surface area contributed by atoms with E-state index in [9.17, 15) is 9.18 Å². The summed E-state index contributed by atoms with van der Waals surface area (Å²) < 4.78 is 15.3. The smallest absolute Gasteiger partial charge is 0.320 e. The molecule has 0 radical (unpaired) electrons. The van der Waals surface area contributed by atoms with E-state index in [-0.39, 0.29) is 11.8 Å².